The van der Waals surface area contributed by atoms with Gasteiger partial charge in [-0.25, -0.2) is 8.78 Å². The van der Waals surface area contributed by atoms with Crippen LogP contribution >= 0.6 is 22.9 Å². The number of alkyl halides is 2. The lowest BCUT2D eigenvalue weighted by molar-refractivity contribution is 0.0119. The van der Waals surface area contributed by atoms with Crippen molar-refractivity contribution in [3.63, 3.8) is 0 Å². The van der Waals surface area contributed by atoms with E-state index in [0.29, 0.717) is 9.21 Å². The van der Waals surface area contributed by atoms with Crippen LogP contribution in [0.5, 0.6) is 0 Å². The van der Waals surface area contributed by atoms with Crippen LogP contribution in [0.25, 0.3) is 0 Å². The van der Waals surface area contributed by atoms with Crippen molar-refractivity contribution in [1.29, 1.82) is 0 Å². The van der Waals surface area contributed by atoms with Crippen molar-refractivity contribution in [1.82, 2.24) is 5.32 Å². The van der Waals surface area contributed by atoms with Crippen molar-refractivity contribution in [2.24, 2.45) is 5.73 Å². The summed E-state index contributed by atoms with van der Waals surface area (Å²) < 4.78 is 25.8. The van der Waals surface area contributed by atoms with Crippen molar-refractivity contribution in [3.05, 3.63) is 21.3 Å². The van der Waals surface area contributed by atoms with Crippen LogP contribution in [0.1, 0.15) is 9.67 Å². The van der Waals surface area contributed by atoms with Gasteiger partial charge in [-0.3, -0.25) is 4.79 Å². The standard InChI is InChI=1S/C8H9ClF2N2OS/c9-6-2-1-5(15-6)7(14)13-4-8(10,11)3-12/h1-2H,3-4,12H2,(H,13,14). The van der Waals surface area contributed by atoms with E-state index in [0.717, 1.165) is 11.3 Å². The number of carbonyl (C=O) groups is 1. The van der Waals surface area contributed by atoms with Crippen molar-refractivity contribution < 1.29 is 13.6 Å². The van der Waals surface area contributed by atoms with Crippen molar-refractivity contribution in [3.8, 4) is 0 Å². The quantitative estimate of drug-likeness (QED) is 0.860. The molecule has 0 aliphatic rings. The van der Waals surface area contributed by atoms with E-state index in [1.54, 1.807) is 0 Å². The Balaban J connectivity index is 2.50. The molecule has 1 aromatic heterocycles. The number of rotatable bonds is 4. The second kappa shape index (κ2) is 4.87. The molecule has 15 heavy (non-hydrogen) atoms. The van der Waals surface area contributed by atoms with E-state index in [9.17, 15) is 13.6 Å². The minimum absolute atomic E-state index is 0.299. The molecule has 0 saturated heterocycles. The smallest absolute Gasteiger partial charge is 0.277 e. The number of nitrogens with two attached hydrogens (primary N) is 1. The van der Waals surface area contributed by atoms with Crippen LogP contribution in [0.15, 0.2) is 12.1 Å². The lowest BCUT2D eigenvalue weighted by Crippen LogP contribution is -2.41. The number of amides is 1. The molecule has 0 radical (unpaired) electrons. The Labute approximate surface area is 94.2 Å². The third-order valence-corrected chi connectivity index (χ3v) is 2.83. The highest BCUT2D eigenvalue weighted by Crippen LogP contribution is 2.21. The lowest BCUT2D eigenvalue weighted by Gasteiger charge is -2.13. The summed E-state index contributed by atoms with van der Waals surface area (Å²) in [5, 5.41) is 2.09. The summed E-state index contributed by atoms with van der Waals surface area (Å²) in [5.41, 5.74) is 4.82. The third kappa shape index (κ3) is 3.73. The molecule has 0 saturated carbocycles. The highest BCUT2D eigenvalue weighted by atomic mass is 35.5. The minimum Gasteiger partial charge on any atom is -0.345 e. The zero-order chi connectivity index (χ0) is 11.5. The summed E-state index contributed by atoms with van der Waals surface area (Å²) in [4.78, 5) is 11.6. The summed E-state index contributed by atoms with van der Waals surface area (Å²) in [6.45, 7) is -1.56. The molecular weight excluding hydrogens is 246 g/mol. The van der Waals surface area contributed by atoms with Gasteiger partial charge >= 0.3 is 0 Å². The average Bonchev–Trinajstić information content (AvgIpc) is 2.61. The molecule has 0 aliphatic carbocycles. The van der Waals surface area contributed by atoms with Gasteiger partial charge in [0.15, 0.2) is 0 Å². The summed E-state index contributed by atoms with van der Waals surface area (Å²) in [5.74, 6) is -3.64. The zero-order valence-corrected chi connectivity index (χ0v) is 9.17. The molecule has 0 bridgehead atoms. The van der Waals surface area contributed by atoms with Gasteiger partial charge in [0.2, 0.25) is 0 Å². The number of nitrogens with one attached hydrogen (secondary N) is 1. The van der Waals surface area contributed by atoms with Crippen LogP contribution < -0.4 is 11.1 Å². The van der Waals surface area contributed by atoms with Gasteiger partial charge in [0.1, 0.15) is 0 Å². The van der Waals surface area contributed by atoms with Crippen LogP contribution in [0, 0.1) is 0 Å². The predicted molar refractivity (Wildman–Crippen MR) is 55.7 cm³/mol. The molecule has 0 spiro atoms. The molecule has 1 rings (SSSR count). The number of hydrogen-bond donors (Lipinski definition) is 2. The van der Waals surface area contributed by atoms with Crippen LogP contribution in [-0.4, -0.2) is 24.9 Å². The summed E-state index contributed by atoms with van der Waals surface area (Å²) in [7, 11) is 0. The minimum atomic E-state index is -3.07. The SMILES string of the molecule is NCC(F)(F)CNC(=O)c1ccc(Cl)s1. The van der Waals surface area contributed by atoms with E-state index in [1.807, 2.05) is 0 Å². The number of carbonyl (C=O) groups excluding carboxylic acids is 1. The summed E-state index contributed by atoms with van der Waals surface area (Å²) >= 11 is 6.62. The largest absolute Gasteiger partial charge is 0.345 e. The predicted octanol–water partition coefficient (Wildman–Crippen LogP) is 1.73. The fourth-order valence-corrected chi connectivity index (χ4v) is 1.76. The van der Waals surface area contributed by atoms with Gasteiger partial charge in [0, 0.05) is 0 Å². The van der Waals surface area contributed by atoms with Gasteiger partial charge < -0.3 is 11.1 Å². The molecule has 0 aliphatic heterocycles. The van der Waals surface area contributed by atoms with Crippen LogP contribution in [0.3, 0.4) is 0 Å². The molecular formula is C8H9ClF2N2OS. The van der Waals surface area contributed by atoms with Gasteiger partial charge in [-0.1, -0.05) is 11.6 Å². The third-order valence-electron chi connectivity index (χ3n) is 1.60. The van der Waals surface area contributed by atoms with Gasteiger partial charge in [-0.05, 0) is 12.1 Å². The molecule has 84 valence electrons. The summed E-state index contributed by atoms with van der Waals surface area (Å²) in [6, 6.07) is 3.01. The van der Waals surface area contributed by atoms with Crippen LogP contribution in [0.2, 0.25) is 4.34 Å². The van der Waals surface area contributed by atoms with Gasteiger partial charge in [-0.2, -0.15) is 0 Å². The number of halogens is 3. The van der Waals surface area contributed by atoms with Crippen molar-refractivity contribution >= 4 is 28.8 Å². The van der Waals surface area contributed by atoms with Gasteiger partial charge in [0.05, 0.1) is 22.3 Å². The molecule has 3 nitrogen and oxygen atoms in total. The normalized spacial score (nSPS) is 11.5. The molecule has 0 atom stereocenters. The average molecular weight is 255 g/mol. The summed E-state index contributed by atoms with van der Waals surface area (Å²) in [6.07, 6.45) is 0. The molecule has 1 aromatic rings. The molecule has 7 heteroatoms. The Kier molecular flexibility index (Phi) is 4.01. The number of hydrogen-bond acceptors (Lipinski definition) is 3. The molecule has 3 N–H and O–H groups in total. The van der Waals surface area contributed by atoms with Crippen LogP contribution in [0.4, 0.5) is 8.78 Å². The fraction of sp³-hybridized carbons (Fsp3) is 0.375. The van der Waals surface area contributed by atoms with Gasteiger partial charge in [0.25, 0.3) is 11.8 Å². The highest BCUT2D eigenvalue weighted by Gasteiger charge is 2.27. The Bertz CT molecular complexity index is 356. The van der Waals surface area contributed by atoms with Gasteiger partial charge in [-0.15, -0.1) is 11.3 Å². The van der Waals surface area contributed by atoms with E-state index >= 15 is 0 Å². The molecule has 1 heterocycles. The van der Waals surface area contributed by atoms with E-state index in [1.165, 1.54) is 12.1 Å². The number of thiophene rings is 1. The van der Waals surface area contributed by atoms with E-state index in [2.05, 4.69) is 5.32 Å². The molecule has 0 fully saturated rings. The Morgan fingerprint density at radius 1 is 1.60 bits per heavy atom. The lowest BCUT2D eigenvalue weighted by atomic mass is 10.3. The molecule has 0 aromatic carbocycles. The highest BCUT2D eigenvalue weighted by molar-refractivity contribution is 7.17. The second-order valence-corrected chi connectivity index (χ2v) is 4.56. The first-order valence-corrected chi connectivity index (χ1v) is 5.25. The maximum atomic E-state index is 12.7. The second-order valence-electron chi connectivity index (χ2n) is 2.85. The maximum absolute atomic E-state index is 12.7. The maximum Gasteiger partial charge on any atom is 0.277 e. The first-order chi connectivity index (χ1) is 6.94. The van der Waals surface area contributed by atoms with E-state index in [4.69, 9.17) is 17.3 Å². The monoisotopic (exact) mass is 254 g/mol. The van der Waals surface area contributed by atoms with Crippen molar-refractivity contribution in [2.75, 3.05) is 13.1 Å². The fourth-order valence-electron chi connectivity index (χ4n) is 0.805. The zero-order valence-electron chi connectivity index (χ0n) is 7.60. The first kappa shape index (κ1) is 12.4. The topological polar surface area (TPSA) is 55.1 Å². The van der Waals surface area contributed by atoms with E-state index in [-0.39, 0.29) is 0 Å². The van der Waals surface area contributed by atoms with Crippen molar-refractivity contribution in [2.45, 2.75) is 5.92 Å². The molecule has 0 unspecified atom stereocenters. The molecule has 1 amide bonds. The Morgan fingerprint density at radius 2 is 2.27 bits per heavy atom. The Hall–Kier alpha value is -0.720. The first-order valence-electron chi connectivity index (χ1n) is 4.06. The Morgan fingerprint density at radius 3 is 2.73 bits per heavy atom. The van der Waals surface area contributed by atoms with E-state index < -0.39 is 24.9 Å². The van der Waals surface area contributed by atoms with Crippen LogP contribution in [-0.2, 0) is 0 Å².